The highest BCUT2D eigenvalue weighted by molar-refractivity contribution is 6.30. The Bertz CT molecular complexity index is 444. The number of nitrogens with zero attached hydrogens (tertiary/aromatic N) is 2. The maximum Gasteiger partial charge on any atom is 0.253 e. The van der Waals surface area contributed by atoms with E-state index in [1.807, 2.05) is 17.0 Å². The van der Waals surface area contributed by atoms with Gasteiger partial charge < -0.3 is 4.90 Å². The van der Waals surface area contributed by atoms with Crippen LogP contribution in [0.4, 0.5) is 0 Å². The SMILES string of the molecule is CC(C)N1CCCCN(C(=O)c2ccc(Cl)cc2)CC1. The van der Waals surface area contributed by atoms with Gasteiger partial charge in [-0.05, 0) is 57.5 Å². The Morgan fingerprint density at radius 1 is 1.05 bits per heavy atom. The zero-order valence-corrected chi connectivity index (χ0v) is 13.1. The fourth-order valence-electron chi connectivity index (χ4n) is 2.58. The van der Waals surface area contributed by atoms with Gasteiger partial charge in [0.15, 0.2) is 0 Å². The van der Waals surface area contributed by atoms with E-state index < -0.39 is 0 Å². The molecule has 4 heteroatoms. The third-order valence-corrected chi connectivity index (χ3v) is 4.14. The summed E-state index contributed by atoms with van der Waals surface area (Å²) in [6, 6.07) is 7.71. The van der Waals surface area contributed by atoms with Crippen molar-refractivity contribution in [2.75, 3.05) is 26.2 Å². The fraction of sp³-hybridized carbons (Fsp3) is 0.562. The van der Waals surface area contributed by atoms with Crippen LogP contribution in [0.1, 0.15) is 37.0 Å². The van der Waals surface area contributed by atoms with E-state index >= 15 is 0 Å². The molecule has 0 spiro atoms. The molecule has 1 aliphatic rings. The Hall–Kier alpha value is -1.06. The first-order chi connectivity index (χ1) is 9.58. The van der Waals surface area contributed by atoms with Crippen LogP contribution in [0.15, 0.2) is 24.3 Å². The van der Waals surface area contributed by atoms with Gasteiger partial charge in [-0.1, -0.05) is 11.6 Å². The van der Waals surface area contributed by atoms with Gasteiger partial charge in [-0.2, -0.15) is 0 Å². The number of carbonyl (C=O) groups is 1. The second kappa shape index (κ2) is 7.09. The predicted octanol–water partition coefficient (Wildman–Crippen LogP) is 3.29. The van der Waals surface area contributed by atoms with Crippen molar-refractivity contribution in [3.63, 3.8) is 0 Å². The molecule has 0 aromatic heterocycles. The summed E-state index contributed by atoms with van der Waals surface area (Å²) in [7, 11) is 0. The summed E-state index contributed by atoms with van der Waals surface area (Å²) in [5, 5.41) is 0.667. The zero-order valence-electron chi connectivity index (χ0n) is 12.3. The van der Waals surface area contributed by atoms with Gasteiger partial charge in [-0.15, -0.1) is 0 Å². The maximum absolute atomic E-state index is 12.5. The number of amides is 1. The lowest BCUT2D eigenvalue weighted by Gasteiger charge is -2.33. The first-order valence-electron chi connectivity index (χ1n) is 7.37. The van der Waals surface area contributed by atoms with Crippen molar-refractivity contribution in [3.05, 3.63) is 34.9 Å². The highest BCUT2D eigenvalue weighted by atomic mass is 35.5. The van der Waals surface area contributed by atoms with Gasteiger partial charge in [-0.3, -0.25) is 9.69 Å². The molecule has 0 N–H and O–H groups in total. The molecule has 1 heterocycles. The molecule has 0 atom stereocenters. The van der Waals surface area contributed by atoms with Gasteiger partial charge in [0.05, 0.1) is 0 Å². The van der Waals surface area contributed by atoms with Crippen molar-refractivity contribution in [1.29, 1.82) is 0 Å². The van der Waals surface area contributed by atoms with Gasteiger partial charge in [0, 0.05) is 36.3 Å². The number of benzene rings is 1. The molecular weight excluding hydrogens is 272 g/mol. The summed E-state index contributed by atoms with van der Waals surface area (Å²) in [6.07, 6.45) is 2.23. The standard InChI is InChI=1S/C16H23ClN2O/c1-13(2)18-9-3-4-10-19(12-11-18)16(20)14-5-7-15(17)8-6-14/h5-8,13H,3-4,9-12H2,1-2H3. The van der Waals surface area contributed by atoms with E-state index in [4.69, 9.17) is 11.6 Å². The lowest BCUT2D eigenvalue weighted by Crippen LogP contribution is -2.44. The molecule has 0 radical (unpaired) electrons. The van der Waals surface area contributed by atoms with Gasteiger partial charge in [0.2, 0.25) is 0 Å². The molecule has 1 fully saturated rings. The van der Waals surface area contributed by atoms with Crippen molar-refractivity contribution in [3.8, 4) is 0 Å². The molecule has 1 saturated heterocycles. The molecule has 2 rings (SSSR count). The minimum absolute atomic E-state index is 0.118. The molecule has 0 bridgehead atoms. The minimum Gasteiger partial charge on any atom is -0.337 e. The van der Waals surface area contributed by atoms with Crippen LogP contribution in [0, 0.1) is 0 Å². The van der Waals surface area contributed by atoms with Crippen LogP contribution in [0.5, 0.6) is 0 Å². The third-order valence-electron chi connectivity index (χ3n) is 3.89. The van der Waals surface area contributed by atoms with E-state index in [1.165, 1.54) is 0 Å². The van der Waals surface area contributed by atoms with Crippen LogP contribution in [0.25, 0.3) is 0 Å². The lowest BCUT2D eigenvalue weighted by molar-refractivity contribution is 0.0693. The van der Waals surface area contributed by atoms with Crippen LogP contribution >= 0.6 is 11.6 Å². The van der Waals surface area contributed by atoms with E-state index in [1.54, 1.807) is 12.1 Å². The van der Waals surface area contributed by atoms with E-state index in [-0.39, 0.29) is 5.91 Å². The highest BCUT2D eigenvalue weighted by Crippen LogP contribution is 2.14. The normalized spacial score (nSPS) is 17.9. The largest absolute Gasteiger partial charge is 0.337 e. The molecule has 0 saturated carbocycles. The summed E-state index contributed by atoms with van der Waals surface area (Å²) in [6.45, 7) is 8.19. The minimum atomic E-state index is 0.118. The van der Waals surface area contributed by atoms with E-state index in [9.17, 15) is 4.79 Å². The average molecular weight is 295 g/mol. The average Bonchev–Trinajstić information content (AvgIpc) is 2.38. The van der Waals surface area contributed by atoms with Gasteiger partial charge in [0.25, 0.3) is 5.91 Å². The Morgan fingerprint density at radius 3 is 2.35 bits per heavy atom. The topological polar surface area (TPSA) is 23.6 Å². The lowest BCUT2D eigenvalue weighted by atomic mass is 10.1. The third kappa shape index (κ3) is 3.97. The fourth-order valence-corrected chi connectivity index (χ4v) is 2.71. The summed E-state index contributed by atoms with van der Waals surface area (Å²) < 4.78 is 0. The Balaban J connectivity index is 2.03. The molecule has 1 amide bonds. The van der Waals surface area contributed by atoms with Crippen molar-refractivity contribution in [2.45, 2.75) is 32.7 Å². The second-order valence-electron chi connectivity index (χ2n) is 5.64. The van der Waals surface area contributed by atoms with Crippen LogP contribution < -0.4 is 0 Å². The Morgan fingerprint density at radius 2 is 1.70 bits per heavy atom. The summed E-state index contributed by atoms with van der Waals surface area (Å²) in [5.74, 6) is 0.118. The van der Waals surface area contributed by atoms with Crippen LogP contribution in [0.3, 0.4) is 0 Å². The zero-order chi connectivity index (χ0) is 14.5. The van der Waals surface area contributed by atoms with Crippen molar-refractivity contribution < 1.29 is 4.79 Å². The van der Waals surface area contributed by atoms with Gasteiger partial charge in [-0.25, -0.2) is 0 Å². The van der Waals surface area contributed by atoms with Crippen molar-refractivity contribution in [2.24, 2.45) is 0 Å². The molecule has 0 unspecified atom stereocenters. The van der Waals surface area contributed by atoms with Gasteiger partial charge in [0.1, 0.15) is 0 Å². The molecule has 20 heavy (non-hydrogen) atoms. The summed E-state index contributed by atoms with van der Waals surface area (Å²) in [4.78, 5) is 16.9. The molecular formula is C16H23ClN2O. The van der Waals surface area contributed by atoms with E-state index in [0.717, 1.165) is 44.6 Å². The summed E-state index contributed by atoms with van der Waals surface area (Å²) in [5.41, 5.74) is 0.728. The van der Waals surface area contributed by atoms with Crippen molar-refractivity contribution >= 4 is 17.5 Å². The number of carbonyl (C=O) groups excluding carboxylic acids is 1. The number of hydrogen-bond donors (Lipinski definition) is 0. The molecule has 1 aliphatic heterocycles. The first-order valence-corrected chi connectivity index (χ1v) is 7.74. The van der Waals surface area contributed by atoms with E-state index in [0.29, 0.717) is 11.1 Å². The molecule has 0 aliphatic carbocycles. The van der Waals surface area contributed by atoms with Crippen LogP contribution in [0.2, 0.25) is 5.02 Å². The second-order valence-corrected chi connectivity index (χ2v) is 6.07. The van der Waals surface area contributed by atoms with E-state index in [2.05, 4.69) is 18.7 Å². The van der Waals surface area contributed by atoms with Crippen LogP contribution in [-0.4, -0.2) is 47.9 Å². The smallest absolute Gasteiger partial charge is 0.253 e. The number of halogens is 1. The number of rotatable bonds is 2. The maximum atomic E-state index is 12.5. The molecule has 1 aromatic carbocycles. The van der Waals surface area contributed by atoms with Crippen LogP contribution in [-0.2, 0) is 0 Å². The Labute approximate surface area is 126 Å². The van der Waals surface area contributed by atoms with Crippen molar-refractivity contribution in [1.82, 2.24) is 9.80 Å². The Kier molecular flexibility index (Phi) is 5.44. The summed E-state index contributed by atoms with van der Waals surface area (Å²) >= 11 is 5.87. The molecule has 3 nitrogen and oxygen atoms in total. The predicted molar refractivity (Wildman–Crippen MR) is 83.3 cm³/mol. The molecule has 1 aromatic rings. The number of hydrogen-bond acceptors (Lipinski definition) is 2. The molecule has 110 valence electrons. The van der Waals surface area contributed by atoms with Gasteiger partial charge >= 0.3 is 0 Å². The monoisotopic (exact) mass is 294 g/mol. The first kappa shape index (κ1) is 15.3. The quantitative estimate of drug-likeness (QED) is 0.836. The highest BCUT2D eigenvalue weighted by Gasteiger charge is 2.20.